The standard InChI is InChI=1S/C17H16ClNO5/c1-22-11-4-6-16(23-2)12(8-11)15(20)9-24-17(21)10-3-5-13(18)14(19)7-10/h3-8H,9,19H2,1-2H3. The predicted molar refractivity (Wildman–Crippen MR) is 90.0 cm³/mol. The normalized spacial score (nSPS) is 10.1. The quantitative estimate of drug-likeness (QED) is 0.490. The Bertz CT molecular complexity index is 776. The fraction of sp³-hybridized carbons (Fsp3) is 0.176. The molecule has 2 N–H and O–H groups in total. The van der Waals surface area contributed by atoms with Crippen molar-refractivity contribution in [1.29, 1.82) is 0 Å². The number of nitrogens with two attached hydrogens (primary N) is 1. The molecule has 2 aromatic carbocycles. The number of esters is 1. The van der Waals surface area contributed by atoms with E-state index in [-0.39, 0.29) is 16.8 Å². The minimum atomic E-state index is -0.673. The molecule has 2 rings (SSSR count). The van der Waals surface area contributed by atoms with Crippen LogP contribution in [0.5, 0.6) is 11.5 Å². The highest BCUT2D eigenvalue weighted by molar-refractivity contribution is 6.33. The Morgan fingerprint density at radius 3 is 2.46 bits per heavy atom. The third kappa shape index (κ3) is 3.97. The molecule has 0 aliphatic heterocycles. The summed E-state index contributed by atoms with van der Waals surface area (Å²) in [6.45, 7) is -0.440. The fourth-order valence-corrected chi connectivity index (χ4v) is 2.11. The molecule has 0 unspecified atom stereocenters. The van der Waals surface area contributed by atoms with Crippen molar-refractivity contribution in [2.75, 3.05) is 26.6 Å². The molecular weight excluding hydrogens is 334 g/mol. The monoisotopic (exact) mass is 349 g/mol. The van der Waals surface area contributed by atoms with Gasteiger partial charge in [0.15, 0.2) is 6.61 Å². The van der Waals surface area contributed by atoms with Gasteiger partial charge in [-0.25, -0.2) is 4.79 Å². The van der Waals surface area contributed by atoms with E-state index in [0.29, 0.717) is 16.5 Å². The van der Waals surface area contributed by atoms with Crippen molar-refractivity contribution in [2.45, 2.75) is 0 Å². The first-order valence-electron chi connectivity index (χ1n) is 6.93. The van der Waals surface area contributed by atoms with Gasteiger partial charge in [0.05, 0.1) is 36.1 Å². The average Bonchev–Trinajstić information content (AvgIpc) is 2.60. The molecule has 0 saturated carbocycles. The first-order chi connectivity index (χ1) is 11.5. The van der Waals surface area contributed by atoms with Crippen molar-refractivity contribution in [3.05, 3.63) is 52.5 Å². The number of ether oxygens (including phenoxy) is 3. The maximum absolute atomic E-state index is 12.3. The van der Waals surface area contributed by atoms with Crippen LogP contribution >= 0.6 is 11.6 Å². The molecular formula is C17H16ClNO5. The van der Waals surface area contributed by atoms with Crippen molar-refractivity contribution in [3.63, 3.8) is 0 Å². The number of hydrogen-bond acceptors (Lipinski definition) is 6. The van der Waals surface area contributed by atoms with E-state index in [1.165, 1.54) is 38.5 Å². The van der Waals surface area contributed by atoms with Crippen LogP contribution in [0.4, 0.5) is 5.69 Å². The Morgan fingerprint density at radius 1 is 1.08 bits per heavy atom. The lowest BCUT2D eigenvalue weighted by Crippen LogP contribution is -2.15. The molecule has 0 radical (unpaired) electrons. The number of nitrogen functional groups attached to an aromatic ring is 1. The van der Waals surface area contributed by atoms with Gasteiger partial charge in [0.1, 0.15) is 11.5 Å². The Balaban J connectivity index is 2.10. The molecule has 0 aliphatic rings. The van der Waals surface area contributed by atoms with E-state index in [2.05, 4.69) is 0 Å². The van der Waals surface area contributed by atoms with Gasteiger partial charge in [0, 0.05) is 0 Å². The number of benzene rings is 2. The molecule has 0 fully saturated rings. The lowest BCUT2D eigenvalue weighted by Gasteiger charge is -2.10. The third-order valence-corrected chi connectivity index (χ3v) is 3.62. The van der Waals surface area contributed by atoms with Gasteiger partial charge >= 0.3 is 5.97 Å². The zero-order valence-electron chi connectivity index (χ0n) is 13.2. The van der Waals surface area contributed by atoms with E-state index in [9.17, 15) is 9.59 Å². The second-order valence-corrected chi connectivity index (χ2v) is 5.21. The summed E-state index contributed by atoms with van der Waals surface area (Å²) >= 11 is 5.80. The molecule has 24 heavy (non-hydrogen) atoms. The van der Waals surface area contributed by atoms with Crippen molar-refractivity contribution in [1.82, 2.24) is 0 Å². The minimum absolute atomic E-state index is 0.210. The van der Waals surface area contributed by atoms with Crippen LogP contribution in [0.3, 0.4) is 0 Å². The van der Waals surface area contributed by atoms with E-state index >= 15 is 0 Å². The highest BCUT2D eigenvalue weighted by atomic mass is 35.5. The SMILES string of the molecule is COc1ccc(OC)c(C(=O)COC(=O)c2ccc(Cl)c(N)c2)c1. The molecule has 0 atom stereocenters. The van der Waals surface area contributed by atoms with Gasteiger partial charge in [-0.05, 0) is 36.4 Å². The van der Waals surface area contributed by atoms with E-state index in [4.69, 9.17) is 31.5 Å². The number of carbonyl (C=O) groups excluding carboxylic acids is 2. The summed E-state index contributed by atoms with van der Waals surface area (Å²) < 4.78 is 15.2. The van der Waals surface area contributed by atoms with Gasteiger partial charge in [-0.1, -0.05) is 11.6 Å². The number of hydrogen-bond donors (Lipinski definition) is 1. The van der Waals surface area contributed by atoms with Crippen molar-refractivity contribution in [3.8, 4) is 11.5 Å². The topological polar surface area (TPSA) is 87.9 Å². The second kappa shape index (κ2) is 7.70. The number of ketones is 1. The first-order valence-corrected chi connectivity index (χ1v) is 7.31. The fourth-order valence-electron chi connectivity index (χ4n) is 1.99. The number of anilines is 1. The van der Waals surface area contributed by atoms with Gasteiger partial charge in [-0.15, -0.1) is 0 Å². The Kier molecular flexibility index (Phi) is 5.65. The molecule has 7 heteroatoms. The molecule has 0 aromatic heterocycles. The second-order valence-electron chi connectivity index (χ2n) is 4.80. The van der Waals surface area contributed by atoms with Crippen LogP contribution in [0.1, 0.15) is 20.7 Å². The maximum atomic E-state index is 12.3. The summed E-state index contributed by atoms with van der Waals surface area (Å²) in [5.41, 5.74) is 6.37. The summed E-state index contributed by atoms with van der Waals surface area (Å²) in [7, 11) is 2.93. The van der Waals surface area contributed by atoms with Crippen LogP contribution in [0.25, 0.3) is 0 Å². The minimum Gasteiger partial charge on any atom is -0.497 e. The van der Waals surface area contributed by atoms with Crippen LogP contribution in [0.15, 0.2) is 36.4 Å². The van der Waals surface area contributed by atoms with E-state index in [1.807, 2.05) is 0 Å². The average molecular weight is 350 g/mol. The molecule has 126 valence electrons. The molecule has 0 saturated heterocycles. The van der Waals surface area contributed by atoms with Crippen molar-refractivity contribution >= 4 is 29.0 Å². The smallest absolute Gasteiger partial charge is 0.338 e. The largest absolute Gasteiger partial charge is 0.497 e. The van der Waals surface area contributed by atoms with Gasteiger partial charge in [0.25, 0.3) is 0 Å². The lowest BCUT2D eigenvalue weighted by atomic mass is 10.1. The molecule has 0 amide bonds. The number of halogens is 1. The van der Waals surface area contributed by atoms with Gasteiger partial charge in [-0.3, -0.25) is 4.79 Å². The zero-order chi connectivity index (χ0) is 17.7. The highest BCUT2D eigenvalue weighted by Crippen LogP contribution is 2.25. The van der Waals surface area contributed by atoms with Crippen LogP contribution < -0.4 is 15.2 Å². The van der Waals surface area contributed by atoms with E-state index < -0.39 is 18.4 Å². The Morgan fingerprint density at radius 2 is 1.83 bits per heavy atom. The Labute approximate surface area is 144 Å². The summed E-state index contributed by atoms with van der Waals surface area (Å²) in [6.07, 6.45) is 0. The van der Waals surface area contributed by atoms with E-state index in [1.54, 1.807) is 12.1 Å². The predicted octanol–water partition coefficient (Wildman–Crippen LogP) is 2.98. The van der Waals surface area contributed by atoms with Crippen LogP contribution in [-0.4, -0.2) is 32.6 Å². The van der Waals surface area contributed by atoms with Crippen molar-refractivity contribution < 1.29 is 23.8 Å². The van der Waals surface area contributed by atoms with E-state index in [0.717, 1.165) is 0 Å². The number of methoxy groups -OCH3 is 2. The summed E-state index contributed by atoms with van der Waals surface area (Å²) in [6, 6.07) is 9.14. The lowest BCUT2D eigenvalue weighted by molar-refractivity contribution is 0.0474. The first kappa shape index (κ1) is 17.6. The zero-order valence-corrected chi connectivity index (χ0v) is 13.9. The molecule has 0 heterocycles. The van der Waals surface area contributed by atoms with Gasteiger partial charge < -0.3 is 19.9 Å². The maximum Gasteiger partial charge on any atom is 0.338 e. The molecule has 0 aliphatic carbocycles. The number of Topliss-reactive ketones (excluding diaryl/α,β-unsaturated/α-hetero) is 1. The van der Waals surface area contributed by atoms with Crippen molar-refractivity contribution in [2.24, 2.45) is 0 Å². The molecule has 0 spiro atoms. The van der Waals surface area contributed by atoms with Gasteiger partial charge in [-0.2, -0.15) is 0 Å². The summed E-state index contributed by atoms with van der Waals surface area (Å²) in [5, 5.41) is 0.337. The van der Waals surface area contributed by atoms with Crippen LogP contribution in [0.2, 0.25) is 5.02 Å². The molecule has 6 nitrogen and oxygen atoms in total. The van der Waals surface area contributed by atoms with Crippen LogP contribution in [-0.2, 0) is 4.74 Å². The third-order valence-electron chi connectivity index (χ3n) is 3.27. The summed E-state index contributed by atoms with van der Waals surface area (Å²) in [4.78, 5) is 24.3. The Hall–Kier alpha value is -2.73. The number of carbonyl (C=O) groups is 2. The van der Waals surface area contributed by atoms with Gasteiger partial charge in [0.2, 0.25) is 5.78 Å². The van der Waals surface area contributed by atoms with Crippen LogP contribution in [0, 0.1) is 0 Å². The summed E-state index contributed by atoms with van der Waals surface area (Å²) in [5.74, 6) is -0.224. The molecule has 2 aromatic rings. The number of rotatable bonds is 6. The molecule has 0 bridgehead atoms. The highest BCUT2D eigenvalue weighted by Gasteiger charge is 2.17.